The van der Waals surface area contributed by atoms with Gasteiger partial charge < -0.3 is 10.5 Å². The molecule has 0 bridgehead atoms. The van der Waals surface area contributed by atoms with Crippen LogP contribution in [0.2, 0.25) is 0 Å². The van der Waals surface area contributed by atoms with Crippen LogP contribution in [0, 0.1) is 0 Å². The van der Waals surface area contributed by atoms with Crippen molar-refractivity contribution in [1.82, 2.24) is 0 Å². The third-order valence-corrected chi connectivity index (χ3v) is 5.64. The Bertz CT molecular complexity index is 304. The van der Waals surface area contributed by atoms with Crippen LogP contribution in [0.5, 0.6) is 0 Å². The minimum atomic E-state index is 0.0285. The molecule has 0 amide bonds. The summed E-state index contributed by atoms with van der Waals surface area (Å²) in [6.45, 7) is 5.29. The van der Waals surface area contributed by atoms with Gasteiger partial charge in [-0.05, 0) is 45.1 Å². The molecule has 28 heavy (non-hydrogen) atoms. The summed E-state index contributed by atoms with van der Waals surface area (Å²) in [5.74, 6) is 0.0285. The summed E-state index contributed by atoms with van der Waals surface area (Å²) < 4.78 is 5.87. The zero-order valence-electron chi connectivity index (χ0n) is 19.3. The standard InChI is InChI=1S/C25H51NO2/c1-3-5-7-9-12-16-20-24(21-17-13-10-8-6-4-2)28-25(27)22-18-14-11-15-19-23-26/h24H,3-23,26H2,1-2H3. The highest BCUT2D eigenvalue weighted by molar-refractivity contribution is 5.69. The van der Waals surface area contributed by atoms with Crippen LogP contribution < -0.4 is 5.73 Å². The van der Waals surface area contributed by atoms with Crippen LogP contribution in [0.15, 0.2) is 0 Å². The third-order valence-electron chi connectivity index (χ3n) is 5.64. The Morgan fingerprint density at radius 2 is 1.07 bits per heavy atom. The molecule has 0 rings (SSSR count). The van der Waals surface area contributed by atoms with Gasteiger partial charge in [0.15, 0.2) is 0 Å². The molecule has 0 aliphatic carbocycles. The van der Waals surface area contributed by atoms with E-state index in [1.807, 2.05) is 0 Å². The molecular weight excluding hydrogens is 346 g/mol. The lowest BCUT2D eigenvalue weighted by Gasteiger charge is -2.18. The second-order valence-corrected chi connectivity index (χ2v) is 8.53. The molecule has 2 N–H and O–H groups in total. The van der Waals surface area contributed by atoms with Gasteiger partial charge in [-0.3, -0.25) is 4.79 Å². The van der Waals surface area contributed by atoms with Crippen LogP contribution >= 0.6 is 0 Å². The minimum Gasteiger partial charge on any atom is -0.462 e. The second kappa shape index (κ2) is 22.7. The van der Waals surface area contributed by atoms with Gasteiger partial charge in [0.05, 0.1) is 0 Å². The second-order valence-electron chi connectivity index (χ2n) is 8.53. The van der Waals surface area contributed by atoms with Crippen LogP contribution in [-0.4, -0.2) is 18.6 Å². The van der Waals surface area contributed by atoms with Gasteiger partial charge in [-0.25, -0.2) is 0 Å². The van der Waals surface area contributed by atoms with E-state index in [-0.39, 0.29) is 12.1 Å². The first-order chi connectivity index (χ1) is 13.7. The number of carbonyl (C=O) groups is 1. The molecule has 0 fully saturated rings. The predicted molar refractivity (Wildman–Crippen MR) is 123 cm³/mol. The average molecular weight is 398 g/mol. The average Bonchev–Trinajstić information content (AvgIpc) is 2.69. The fraction of sp³-hybridized carbons (Fsp3) is 0.960. The molecule has 0 aromatic rings. The van der Waals surface area contributed by atoms with Gasteiger partial charge in [0, 0.05) is 6.42 Å². The van der Waals surface area contributed by atoms with Crippen LogP contribution in [0.3, 0.4) is 0 Å². The number of unbranched alkanes of at least 4 members (excludes halogenated alkanes) is 14. The van der Waals surface area contributed by atoms with E-state index in [2.05, 4.69) is 13.8 Å². The molecule has 0 spiro atoms. The van der Waals surface area contributed by atoms with Crippen LogP contribution in [0.4, 0.5) is 0 Å². The molecule has 0 heterocycles. The van der Waals surface area contributed by atoms with E-state index in [1.54, 1.807) is 0 Å². The monoisotopic (exact) mass is 397 g/mol. The van der Waals surface area contributed by atoms with E-state index < -0.39 is 0 Å². The highest BCUT2D eigenvalue weighted by Gasteiger charge is 2.14. The smallest absolute Gasteiger partial charge is 0.306 e. The van der Waals surface area contributed by atoms with E-state index in [9.17, 15) is 4.79 Å². The van der Waals surface area contributed by atoms with Crippen molar-refractivity contribution in [2.24, 2.45) is 5.73 Å². The number of ether oxygens (including phenoxy) is 1. The van der Waals surface area contributed by atoms with Gasteiger partial charge in [0.2, 0.25) is 0 Å². The van der Waals surface area contributed by atoms with Crippen molar-refractivity contribution in [3.8, 4) is 0 Å². The highest BCUT2D eigenvalue weighted by Crippen LogP contribution is 2.18. The quantitative estimate of drug-likeness (QED) is 0.150. The molecule has 0 aliphatic rings. The SMILES string of the molecule is CCCCCCCCC(CCCCCCCC)OC(=O)CCCCCCCN. The molecule has 0 atom stereocenters. The predicted octanol–water partition coefficient (Wildman–Crippen LogP) is 7.70. The fourth-order valence-corrected chi connectivity index (χ4v) is 3.76. The Morgan fingerprint density at radius 1 is 0.643 bits per heavy atom. The first kappa shape index (κ1) is 27.4. The van der Waals surface area contributed by atoms with E-state index in [1.165, 1.54) is 89.9 Å². The number of rotatable bonds is 22. The maximum atomic E-state index is 12.2. The van der Waals surface area contributed by atoms with Crippen molar-refractivity contribution in [3.63, 3.8) is 0 Å². The number of carbonyl (C=O) groups excluding carboxylic acids is 1. The van der Waals surface area contributed by atoms with Gasteiger partial charge in [0.1, 0.15) is 6.10 Å². The summed E-state index contributed by atoms with van der Waals surface area (Å²) >= 11 is 0. The Hall–Kier alpha value is -0.570. The zero-order chi connectivity index (χ0) is 20.7. The van der Waals surface area contributed by atoms with Gasteiger partial charge in [0.25, 0.3) is 0 Å². The summed E-state index contributed by atoms with van der Waals surface area (Å²) in [5, 5.41) is 0. The fourth-order valence-electron chi connectivity index (χ4n) is 3.76. The zero-order valence-corrected chi connectivity index (χ0v) is 19.3. The van der Waals surface area contributed by atoms with Crippen molar-refractivity contribution in [1.29, 1.82) is 0 Å². The van der Waals surface area contributed by atoms with Gasteiger partial charge in [-0.1, -0.05) is 97.3 Å². The van der Waals surface area contributed by atoms with Crippen molar-refractivity contribution in [2.45, 2.75) is 148 Å². The summed E-state index contributed by atoms with van der Waals surface area (Å²) in [6.07, 6.45) is 24.0. The van der Waals surface area contributed by atoms with Gasteiger partial charge in [-0.15, -0.1) is 0 Å². The van der Waals surface area contributed by atoms with Crippen molar-refractivity contribution < 1.29 is 9.53 Å². The molecule has 0 unspecified atom stereocenters. The Morgan fingerprint density at radius 3 is 1.57 bits per heavy atom. The summed E-state index contributed by atoms with van der Waals surface area (Å²) in [4.78, 5) is 12.2. The van der Waals surface area contributed by atoms with Crippen LogP contribution in [0.1, 0.15) is 142 Å². The van der Waals surface area contributed by atoms with E-state index in [4.69, 9.17) is 10.5 Å². The van der Waals surface area contributed by atoms with Crippen LogP contribution in [0.25, 0.3) is 0 Å². The summed E-state index contributed by atoms with van der Waals surface area (Å²) in [7, 11) is 0. The third kappa shape index (κ3) is 20.2. The lowest BCUT2D eigenvalue weighted by molar-refractivity contribution is -0.150. The summed E-state index contributed by atoms with van der Waals surface area (Å²) in [5.41, 5.74) is 5.52. The number of hydrogen-bond donors (Lipinski definition) is 1. The molecule has 3 nitrogen and oxygen atoms in total. The van der Waals surface area contributed by atoms with Crippen molar-refractivity contribution in [3.05, 3.63) is 0 Å². The highest BCUT2D eigenvalue weighted by atomic mass is 16.5. The molecule has 0 saturated heterocycles. The first-order valence-electron chi connectivity index (χ1n) is 12.6. The first-order valence-corrected chi connectivity index (χ1v) is 12.6. The van der Waals surface area contributed by atoms with Gasteiger partial charge >= 0.3 is 5.97 Å². The largest absolute Gasteiger partial charge is 0.462 e. The van der Waals surface area contributed by atoms with Crippen molar-refractivity contribution in [2.75, 3.05) is 6.54 Å². The Balaban J connectivity index is 3.99. The van der Waals surface area contributed by atoms with E-state index in [0.29, 0.717) is 6.42 Å². The van der Waals surface area contributed by atoms with Gasteiger partial charge in [-0.2, -0.15) is 0 Å². The Labute approximate surface area is 176 Å². The van der Waals surface area contributed by atoms with Crippen molar-refractivity contribution >= 4 is 5.97 Å². The number of hydrogen-bond acceptors (Lipinski definition) is 3. The maximum absolute atomic E-state index is 12.2. The number of nitrogens with two attached hydrogens (primary N) is 1. The van der Waals surface area contributed by atoms with E-state index in [0.717, 1.165) is 38.6 Å². The molecular formula is C25H51NO2. The van der Waals surface area contributed by atoms with E-state index >= 15 is 0 Å². The lowest BCUT2D eigenvalue weighted by atomic mass is 10.0. The normalized spacial score (nSPS) is 11.3. The topological polar surface area (TPSA) is 52.3 Å². The van der Waals surface area contributed by atoms with Crippen LogP contribution in [-0.2, 0) is 9.53 Å². The molecule has 168 valence electrons. The lowest BCUT2D eigenvalue weighted by Crippen LogP contribution is -2.18. The summed E-state index contributed by atoms with van der Waals surface area (Å²) in [6, 6.07) is 0. The molecule has 0 aromatic heterocycles. The molecule has 0 aromatic carbocycles. The molecule has 3 heteroatoms. The number of esters is 1. The minimum absolute atomic E-state index is 0.0285. The maximum Gasteiger partial charge on any atom is 0.306 e. The Kier molecular flexibility index (Phi) is 22.3. The molecule has 0 radical (unpaired) electrons. The molecule has 0 saturated carbocycles. The molecule has 0 aliphatic heterocycles.